The first kappa shape index (κ1) is 19.2. The van der Waals surface area contributed by atoms with Gasteiger partial charge in [0.2, 0.25) is 5.88 Å². The summed E-state index contributed by atoms with van der Waals surface area (Å²) in [6.07, 6.45) is 2.38. The van der Waals surface area contributed by atoms with Crippen molar-refractivity contribution in [1.82, 2.24) is 15.0 Å². The number of rotatable bonds is 5. The van der Waals surface area contributed by atoms with Crippen LogP contribution in [0.2, 0.25) is 0 Å². The first-order valence-corrected chi connectivity index (χ1v) is 9.77. The Morgan fingerprint density at radius 3 is 2.58 bits per heavy atom. The number of aliphatic carboxylic acids is 1. The fraction of sp³-hybridized carbons (Fsp3) is 0.174. The summed E-state index contributed by atoms with van der Waals surface area (Å²) < 4.78 is 33.9. The smallest absolute Gasteiger partial charge is 0.306 e. The monoisotopic (exact) mass is 421 g/mol. The summed E-state index contributed by atoms with van der Waals surface area (Å²) in [4.78, 5) is 22.4. The van der Waals surface area contributed by atoms with Gasteiger partial charge in [0.05, 0.1) is 22.5 Å². The Kier molecular flexibility index (Phi) is 4.62. The van der Waals surface area contributed by atoms with Crippen LogP contribution in [-0.2, 0) is 4.79 Å². The Morgan fingerprint density at radius 1 is 1.06 bits per heavy atom. The number of hydrogen-bond acceptors (Lipinski definition) is 4. The molecule has 1 fully saturated rings. The molecule has 4 aromatic rings. The van der Waals surface area contributed by atoms with E-state index in [2.05, 4.69) is 15.0 Å². The highest BCUT2D eigenvalue weighted by molar-refractivity contribution is 5.80. The van der Waals surface area contributed by atoms with Crippen molar-refractivity contribution < 1.29 is 23.4 Å². The van der Waals surface area contributed by atoms with E-state index >= 15 is 0 Å². The number of aromatic amines is 1. The maximum atomic E-state index is 14.8. The normalized spacial score (nSPS) is 18.0. The first-order valence-electron chi connectivity index (χ1n) is 9.77. The van der Waals surface area contributed by atoms with Crippen LogP contribution in [0.1, 0.15) is 12.8 Å². The van der Waals surface area contributed by atoms with E-state index in [1.165, 1.54) is 18.2 Å². The summed E-state index contributed by atoms with van der Waals surface area (Å²) in [5, 5.41) is 8.92. The van der Waals surface area contributed by atoms with Crippen molar-refractivity contribution >= 4 is 17.0 Å². The van der Waals surface area contributed by atoms with Crippen LogP contribution in [0.5, 0.6) is 5.88 Å². The minimum atomic E-state index is -0.802. The molecule has 0 spiro atoms. The van der Waals surface area contributed by atoms with E-state index in [1.807, 2.05) is 0 Å². The zero-order valence-corrected chi connectivity index (χ0v) is 16.2. The molecule has 6 nitrogen and oxygen atoms in total. The zero-order chi connectivity index (χ0) is 21.5. The van der Waals surface area contributed by atoms with Gasteiger partial charge >= 0.3 is 5.97 Å². The molecule has 2 heterocycles. The summed E-state index contributed by atoms with van der Waals surface area (Å²) in [6.45, 7) is 0. The molecule has 1 aliphatic carbocycles. The number of carboxylic acids is 1. The second kappa shape index (κ2) is 7.46. The number of nitrogens with zero attached hydrogens (tertiary/aromatic N) is 2. The third kappa shape index (κ3) is 3.72. The Hall–Kier alpha value is -3.81. The largest absolute Gasteiger partial charge is 0.481 e. The quantitative estimate of drug-likeness (QED) is 0.483. The van der Waals surface area contributed by atoms with Crippen molar-refractivity contribution in [2.24, 2.45) is 5.92 Å². The topological polar surface area (TPSA) is 88.1 Å². The standard InChI is InChI=1S/C23H17F2N3O3/c24-15-3-5-19-20(10-15)28-22(27-19)17-4-1-12(9-18(17)25)13-2-6-21(26-11-13)31-16-7-14(8-16)23(29)30/h1-6,9-11,14,16H,7-8H2,(H,27,28)(H,29,30)/t14-,16-. The number of imidazole rings is 1. The van der Waals surface area contributed by atoms with Gasteiger partial charge in [-0.1, -0.05) is 6.07 Å². The van der Waals surface area contributed by atoms with Gasteiger partial charge in [0.1, 0.15) is 23.6 Å². The molecule has 1 saturated carbocycles. The molecule has 31 heavy (non-hydrogen) atoms. The number of halogens is 2. The Morgan fingerprint density at radius 2 is 1.87 bits per heavy atom. The number of fused-ring (bicyclic) bond motifs is 1. The molecular weight excluding hydrogens is 404 g/mol. The number of pyridine rings is 1. The fourth-order valence-electron chi connectivity index (χ4n) is 3.65. The van der Waals surface area contributed by atoms with Crippen LogP contribution in [-0.4, -0.2) is 32.1 Å². The lowest BCUT2D eigenvalue weighted by Gasteiger charge is -2.31. The maximum Gasteiger partial charge on any atom is 0.306 e. The van der Waals surface area contributed by atoms with Gasteiger partial charge in [0, 0.05) is 23.9 Å². The fourth-order valence-corrected chi connectivity index (χ4v) is 3.65. The molecule has 2 aromatic heterocycles. The maximum absolute atomic E-state index is 14.8. The summed E-state index contributed by atoms with van der Waals surface area (Å²) >= 11 is 0. The molecule has 2 N–H and O–H groups in total. The van der Waals surface area contributed by atoms with E-state index in [0.29, 0.717) is 46.7 Å². The lowest BCUT2D eigenvalue weighted by molar-refractivity contribution is -0.148. The second-order valence-corrected chi connectivity index (χ2v) is 7.57. The molecule has 0 aliphatic heterocycles. The van der Waals surface area contributed by atoms with Crippen molar-refractivity contribution in [3.05, 3.63) is 66.4 Å². The van der Waals surface area contributed by atoms with E-state index in [-0.39, 0.29) is 17.6 Å². The molecule has 2 aromatic carbocycles. The van der Waals surface area contributed by atoms with Crippen molar-refractivity contribution in [2.45, 2.75) is 18.9 Å². The second-order valence-electron chi connectivity index (χ2n) is 7.57. The number of carbonyl (C=O) groups is 1. The summed E-state index contributed by atoms with van der Waals surface area (Å²) in [5.74, 6) is -1.29. The van der Waals surface area contributed by atoms with Gasteiger partial charge in [-0.05, 0) is 48.7 Å². The molecule has 8 heteroatoms. The van der Waals surface area contributed by atoms with Gasteiger partial charge < -0.3 is 14.8 Å². The first-order chi connectivity index (χ1) is 15.0. The third-order valence-corrected chi connectivity index (χ3v) is 5.47. The van der Waals surface area contributed by atoms with E-state index < -0.39 is 17.6 Å². The van der Waals surface area contributed by atoms with Gasteiger partial charge in [-0.2, -0.15) is 0 Å². The minimum absolute atomic E-state index is 0.145. The van der Waals surface area contributed by atoms with Crippen LogP contribution < -0.4 is 4.74 Å². The molecule has 1 aliphatic rings. The molecule has 0 atom stereocenters. The summed E-state index contributed by atoms with van der Waals surface area (Å²) in [5.41, 5.74) is 2.69. The number of benzene rings is 2. The SMILES string of the molecule is O=C(O)[C@H]1C[C@H](Oc2ccc(-c3ccc(-c4nc5cc(F)ccc5[nH]4)c(F)c3)cn2)C1. The van der Waals surface area contributed by atoms with E-state index in [1.54, 1.807) is 36.5 Å². The lowest BCUT2D eigenvalue weighted by Crippen LogP contribution is -2.38. The minimum Gasteiger partial charge on any atom is -0.481 e. The molecule has 5 rings (SSSR count). The van der Waals surface area contributed by atoms with Crippen molar-refractivity contribution in [2.75, 3.05) is 0 Å². The van der Waals surface area contributed by atoms with Crippen LogP contribution in [0.25, 0.3) is 33.5 Å². The van der Waals surface area contributed by atoms with Gasteiger partial charge in [0.25, 0.3) is 0 Å². The van der Waals surface area contributed by atoms with Crippen LogP contribution >= 0.6 is 0 Å². The number of hydrogen-bond donors (Lipinski definition) is 2. The summed E-state index contributed by atoms with van der Waals surface area (Å²) in [7, 11) is 0. The van der Waals surface area contributed by atoms with E-state index in [9.17, 15) is 13.6 Å². The average Bonchev–Trinajstić information content (AvgIpc) is 3.13. The van der Waals surface area contributed by atoms with Gasteiger partial charge in [-0.15, -0.1) is 0 Å². The number of aromatic nitrogens is 3. The highest BCUT2D eigenvalue weighted by atomic mass is 19.1. The zero-order valence-electron chi connectivity index (χ0n) is 16.2. The van der Waals surface area contributed by atoms with Crippen molar-refractivity contribution in [3.63, 3.8) is 0 Å². The van der Waals surface area contributed by atoms with Gasteiger partial charge in [-0.25, -0.2) is 18.7 Å². The molecular formula is C23H17F2N3O3. The number of H-pyrrole nitrogens is 1. The molecule has 156 valence electrons. The molecule has 0 amide bonds. The molecule has 0 radical (unpaired) electrons. The van der Waals surface area contributed by atoms with Gasteiger partial charge in [0.15, 0.2) is 0 Å². The van der Waals surface area contributed by atoms with Crippen LogP contribution in [0.15, 0.2) is 54.7 Å². The number of carboxylic acid groups (broad SMARTS) is 1. The predicted octanol–water partition coefficient (Wildman–Crippen LogP) is 4.81. The highest BCUT2D eigenvalue weighted by Gasteiger charge is 2.36. The average molecular weight is 421 g/mol. The summed E-state index contributed by atoms with van der Waals surface area (Å²) in [6, 6.07) is 12.4. The van der Waals surface area contributed by atoms with E-state index in [0.717, 1.165) is 0 Å². The molecule has 0 saturated heterocycles. The van der Waals surface area contributed by atoms with Crippen molar-refractivity contribution in [1.29, 1.82) is 0 Å². The van der Waals surface area contributed by atoms with Crippen LogP contribution in [0, 0.1) is 17.6 Å². The predicted molar refractivity (Wildman–Crippen MR) is 109 cm³/mol. The Labute approximate surface area is 175 Å². The lowest BCUT2D eigenvalue weighted by atomic mass is 9.82. The Bertz CT molecular complexity index is 1280. The van der Waals surface area contributed by atoms with Gasteiger partial charge in [-0.3, -0.25) is 4.79 Å². The molecule has 0 bridgehead atoms. The Balaban J connectivity index is 1.33. The number of ether oxygens (including phenoxy) is 1. The number of nitrogens with one attached hydrogen (secondary N) is 1. The third-order valence-electron chi connectivity index (χ3n) is 5.47. The highest BCUT2D eigenvalue weighted by Crippen LogP contribution is 2.32. The molecule has 0 unspecified atom stereocenters. The van der Waals surface area contributed by atoms with Crippen LogP contribution in [0.4, 0.5) is 8.78 Å². The van der Waals surface area contributed by atoms with E-state index in [4.69, 9.17) is 9.84 Å². The van der Waals surface area contributed by atoms with Crippen molar-refractivity contribution in [3.8, 4) is 28.4 Å². The van der Waals surface area contributed by atoms with Crippen LogP contribution in [0.3, 0.4) is 0 Å².